The van der Waals surface area contributed by atoms with Gasteiger partial charge in [-0.2, -0.15) is 0 Å². The standard InChI is InChI=1S/C10H19NO/c1-8(6-7-12)4-5-9-10(2,3)11-9/h6,9,11-12H,4-5,7H2,1-3H3/b8-6+. The van der Waals surface area contributed by atoms with Crippen molar-refractivity contribution in [1.82, 2.24) is 5.32 Å². The van der Waals surface area contributed by atoms with Gasteiger partial charge in [-0.25, -0.2) is 0 Å². The topological polar surface area (TPSA) is 42.2 Å². The molecule has 0 aromatic rings. The van der Waals surface area contributed by atoms with Crippen molar-refractivity contribution >= 4 is 0 Å². The van der Waals surface area contributed by atoms with E-state index in [1.165, 1.54) is 12.0 Å². The molecule has 0 aromatic carbocycles. The summed E-state index contributed by atoms with van der Waals surface area (Å²) in [5, 5.41) is 12.0. The lowest BCUT2D eigenvalue weighted by atomic mass is 10.0. The third kappa shape index (κ3) is 2.61. The summed E-state index contributed by atoms with van der Waals surface area (Å²) in [4.78, 5) is 0. The molecule has 0 bridgehead atoms. The van der Waals surface area contributed by atoms with Crippen molar-refractivity contribution in [2.45, 2.75) is 45.2 Å². The van der Waals surface area contributed by atoms with Gasteiger partial charge in [0.2, 0.25) is 0 Å². The first-order chi connectivity index (χ1) is 5.56. The van der Waals surface area contributed by atoms with E-state index in [0.717, 1.165) is 6.42 Å². The highest BCUT2D eigenvalue weighted by Crippen LogP contribution is 2.29. The van der Waals surface area contributed by atoms with Crippen LogP contribution in [0.25, 0.3) is 0 Å². The van der Waals surface area contributed by atoms with E-state index in [4.69, 9.17) is 5.11 Å². The van der Waals surface area contributed by atoms with Crippen molar-refractivity contribution in [3.05, 3.63) is 11.6 Å². The minimum Gasteiger partial charge on any atom is -0.392 e. The molecule has 2 heteroatoms. The predicted molar refractivity (Wildman–Crippen MR) is 51.1 cm³/mol. The molecule has 1 rings (SSSR count). The third-order valence-corrected chi connectivity index (χ3v) is 2.60. The van der Waals surface area contributed by atoms with Gasteiger partial charge in [0.25, 0.3) is 0 Å². The van der Waals surface area contributed by atoms with Gasteiger partial charge < -0.3 is 10.4 Å². The molecule has 2 N–H and O–H groups in total. The lowest BCUT2D eigenvalue weighted by Crippen LogP contribution is -2.03. The third-order valence-electron chi connectivity index (χ3n) is 2.60. The molecule has 2 nitrogen and oxygen atoms in total. The van der Waals surface area contributed by atoms with Gasteiger partial charge in [0.05, 0.1) is 6.61 Å². The highest BCUT2D eigenvalue weighted by molar-refractivity contribution is 5.10. The minimum atomic E-state index is 0.174. The van der Waals surface area contributed by atoms with Crippen LogP contribution in [0.4, 0.5) is 0 Å². The summed E-state index contributed by atoms with van der Waals surface area (Å²) in [5.74, 6) is 0. The predicted octanol–water partition coefficient (Wildman–Crippen LogP) is 1.46. The van der Waals surface area contributed by atoms with Crippen LogP contribution in [0.15, 0.2) is 11.6 Å². The summed E-state index contributed by atoms with van der Waals surface area (Å²) in [6, 6.07) is 0.680. The van der Waals surface area contributed by atoms with E-state index in [1.54, 1.807) is 0 Å². The molecule has 0 spiro atoms. The van der Waals surface area contributed by atoms with Crippen LogP contribution >= 0.6 is 0 Å². The number of hydrogen-bond acceptors (Lipinski definition) is 2. The number of rotatable bonds is 4. The molecule has 70 valence electrons. The Hall–Kier alpha value is -0.340. The SMILES string of the molecule is C/C(=C\CO)CCC1NC1(C)C. The lowest BCUT2D eigenvalue weighted by molar-refractivity contribution is 0.341. The van der Waals surface area contributed by atoms with Crippen LogP contribution in [0.2, 0.25) is 0 Å². The van der Waals surface area contributed by atoms with Crippen LogP contribution < -0.4 is 5.32 Å². The molecule has 1 fully saturated rings. The first-order valence-electron chi connectivity index (χ1n) is 4.60. The molecule has 0 radical (unpaired) electrons. The van der Waals surface area contributed by atoms with E-state index < -0.39 is 0 Å². The van der Waals surface area contributed by atoms with Gasteiger partial charge in [-0.15, -0.1) is 0 Å². The van der Waals surface area contributed by atoms with Crippen LogP contribution in [0, 0.1) is 0 Å². The Morgan fingerprint density at radius 2 is 2.17 bits per heavy atom. The van der Waals surface area contributed by atoms with Gasteiger partial charge >= 0.3 is 0 Å². The largest absolute Gasteiger partial charge is 0.392 e. The van der Waals surface area contributed by atoms with E-state index in [-0.39, 0.29) is 6.61 Å². The molecule has 1 aliphatic heterocycles. The normalized spacial score (nSPS) is 27.3. The number of hydrogen-bond donors (Lipinski definition) is 2. The number of nitrogens with one attached hydrogen (secondary N) is 1. The molecule has 0 aromatic heterocycles. The second-order valence-electron chi connectivity index (χ2n) is 4.19. The maximum absolute atomic E-state index is 8.63. The molecule has 1 unspecified atom stereocenters. The molecule has 0 aliphatic carbocycles. The molecule has 0 amide bonds. The van der Waals surface area contributed by atoms with E-state index in [2.05, 4.69) is 26.1 Å². The van der Waals surface area contributed by atoms with Gasteiger partial charge in [-0.05, 0) is 33.6 Å². The molecule has 1 saturated heterocycles. The van der Waals surface area contributed by atoms with Crippen LogP contribution in [-0.4, -0.2) is 23.3 Å². The summed E-state index contributed by atoms with van der Waals surface area (Å²) in [6.07, 6.45) is 4.17. The Labute approximate surface area is 74.7 Å². The fourth-order valence-corrected chi connectivity index (χ4v) is 1.47. The van der Waals surface area contributed by atoms with Crippen molar-refractivity contribution < 1.29 is 5.11 Å². The zero-order valence-electron chi connectivity index (χ0n) is 8.22. The second-order valence-corrected chi connectivity index (χ2v) is 4.19. The van der Waals surface area contributed by atoms with Crippen molar-refractivity contribution in [3.8, 4) is 0 Å². The van der Waals surface area contributed by atoms with Crippen LogP contribution in [-0.2, 0) is 0 Å². The first kappa shape index (κ1) is 9.75. The van der Waals surface area contributed by atoms with Gasteiger partial charge in [0.15, 0.2) is 0 Å². The molecule has 1 atom stereocenters. The second kappa shape index (κ2) is 3.58. The van der Waals surface area contributed by atoms with Crippen LogP contribution in [0.1, 0.15) is 33.6 Å². The zero-order chi connectivity index (χ0) is 9.19. The van der Waals surface area contributed by atoms with Crippen LogP contribution in [0.5, 0.6) is 0 Å². The van der Waals surface area contributed by atoms with E-state index in [9.17, 15) is 0 Å². The maximum Gasteiger partial charge on any atom is 0.0614 e. The average Bonchev–Trinajstić information content (AvgIpc) is 2.56. The minimum absolute atomic E-state index is 0.174. The van der Waals surface area contributed by atoms with Gasteiger partial charge in [0.1, 0.15) is 0 Å². The Morgan fingerprint density at radius 1 is 1.58 bits per heavy atom. The van der Waals surface area contributed by atoms with Crippen LogP contribution in [0.3, 0.4) is 0 Å². The monoisotopic (exact) mass is 169 g/mol. The molecule has 0 saturated carbocycles. The van der Waals surface area contributed by atoms with Crippen molar-refractivity contribution in [3.63, 3.8) is 0 Å². The van der Waals surface area contributed by atoms with Crippen molar-refractivity contribution in [2.24, 2.45) is 0 Å². The Bertz CT molecular complexity index is 184. The highest BCUT2D eigenvalue weighted by atomic mass is 16.2. The Balaban J connectivity index is 2.15. The molecule has 12 heavy (non-hydrogen) atoms. The molecular formula is C10H19NO. The number of aliphatic hydroxyl groups is 1. The fraction of sp³-hybridized carbons (Fsp3) is 0.800. The summed E-state index contributed by atoms with van der Waals surface area (Å²) >= 11 is 0. The maximum atomic E-state index is 8.63. The quantitative estimate of drug-likeness (QED) is 0.494. The Morgan fingerprint density at radius 3 is 2.58 bits per heavy atom. The zero-order valence-corrected chi connectivity index (χ0v) is 8.22. The fourth-order valence-electron chi connectivity index (χ4n) is 1.47. The van der Waals surface area contributed by atoms with E-state index in [1.807, 2.05) is 6.08 Å². The summed E-state index contributed by atoms with van der Waals surface area (Å²) in [6.45, 7) is 6.70. The van der Waals surface area contributed by atoms with Crippen molar-refractivity contribution in [2.75, 3.05) is 6.61 Å². The summed E-state index contributed by atoms with van der Waals surface area (Å²) in [5.41, 5.74) is 1.65. The Kier molecular flexibility index (Phi) is 2.91. The first-order valence-corrected chi connectivity index (χ1v) is 4.60. The van der Waals surface area contributed by atoms with E-state index in [0.29, 0.717) is 11.6 Å². The smallest absolute Gasteiger partial charge is 0.0614 e. The number of aliphatic hydroxyl groups excluding tert-OH is 1. The molecule has 1 heterocycles. The average molecular weight is 169 g/mol. The van der Waals surface area contributed by atoms with Gasteiger partial charge in [-0.1, -0.05) is 11.6 Å². The highest BCUT2D eigenvalue weighted by Gasteiger charge is 2.43. The van der Waals surface area contributed by atoms with Gasteiger partial charge in [0, 0.05) is 11.6 Å². The molecule has 1 aliphatic rings. The molecular weight excluding hydrogens is 150 g/mol. The van der Waals surface area contributed by atoms with E-state index >= 15 is 0 Å². The number of allylic oxidation sites excluding steroid dienone is 1. The summed E-state index contributed by atoms with van der Waals surface area (Å²) in [7, 11) is 0. The van der Waals surface area contributed by atoms with Crippen molar-refractivity contribution in [1.29, 1.82) is 0 Å². The summed E-state index contributed by atoms with van der Waals surface area (Å²) < 4.78 is 0. The lowest BCUT2D eigenvalue weighted by Gasteiger charge is -2.00. The van der Waals surface area contributed by atoms with Gasteiger partial charge in [-0.3, -0.25) is 0 Å².